The third-order valence-corrected chi connectivity index (χ3v) is 6.89. The van der Waals surface area contributed by atoms with E-state index in [1.807, 2.05) is 54.8 Å². The lowest BCUT2D eigenvalue weighted by molar-refractivity contribution is -0.156. The first kappa shape index (κ1) is 23.3. The van der Waals surface area contributed by atoms with E-state index in [2.05, 4.69) is 20.3 Å². The molecule has 0 spiro atoms. The Balaban J connectivity index is 1.41. The summed E-state index contributed by atoms with van der Waals surface area (Å²) in [5, 5.41) is 14.0. The normalized spacial score (nSPS) is 23.5. The first-order valence-corrected chi connectivity index (χ1v) is 12.3. The molecule has 2 aliphatic heterocycles. The summed E-state index contributed by atoms with van der Waals surface area (Å²) in [4.78, 5) is 13.5. The van der Waals surface area contributed by atoms with Gasteiger partial charge in [0.1, 0.15) is 17.4 Å². The third kappa shape index (κ3) is 4.02. The van der Waals surface area contributed by atoms with Crippen molar-refractivity contribution < 1.29 is 19.0 Å². The Morgan fingerprint density at radius 3 is 2.75 bits per heavy atom. The van der Waals surface area contributed by atoms with Gasteiger partial charge in [-0.1, -0.05) is 41.9 Å². The van der Waals surface area contributed by atoms with Gasteiger partial charge in [-0.3, -0.25) is 0 Å². The lowest BCUT2D eigenvalue weighted by atomic mass is 10.0. The molecule has 2 aliphatic rings. The molecule has 0 amide bonds. The highest BCUT2D eigenvalue weighted by atomic mass is 35.5. The van der Waals surface area contributed by atoms with Gasteiger partial charge in [-0.15, -0.1) is 0 Å². The summed E-state index contributed by atoms with van der Waals surface area (Å²) in [6.07, 6.45) is 0.404. The van der Waals surface area contributed by atoms with Crippen LogP contribution in [-0.4, -0.2) is 55.8 Å². The van der Waals surface area contributed by atoms with Gasteiger partial charge in [0.2, 0.25) is 5.95 Å². The summed E-state index contributed by atoms with van der Waals surface area (Å²) in [7, 11) is 0. The number of ether oxygens (including phenoxy) is 2. The van der Waals surface area contributed by atoms with Gasteiger partial charge in [0, 0.05) is 17.2 Å². The fourth-order valence-corrected chi connectivity index (χ4v) is 5.14. The van der Waals surface area contributed by atoms with Crippen molar-refractivity contribution in [3.05, 3.63) is 59.5 Å². The first-order chi connectivity index (χ1) is 17.4. The Hall–Kier alpha value is -3.11. The quantitative estimate of drug-likeness (QED) is 0.398. The number of aliphatic hydroxyl groups excluding tert-OH is 1. The second-order valence-corrected chi connectivity index (χ2v) is 9.83. The molecule has 0 saturated carbocycles. The fourth-order valence-electron chi connectivity index (χ4n) is 4.94. The molecule has 2 aromatic heterocycles. The maximum Gasteiger partial charge on any atom is 0.223 e. The average molecular weight is 510 g/mol. The second-order valence-electron chi connectivity index (χ2n) is 9.42. The predicted octanol–water partition coefficient (Wildman–Crippen LogP) is 4.82. The van der Waals surface area contributed by atoms with E-state index in [0.717, 1.165) is 5.56 Å². The Morgan fingerprint density at radius 1 is 1.17 bits per heavy atom. The Bertz CT molecular complexity index is 1430. The van der Waals surface area contributed by atoms with E-state index in [-0.39, 0.29) is 34.7 Å². The van der Waals surface area contributed by atoms with E-state index < -0.39 is 18.2 Å². The topological polar surface area (TPSA) is 94.3 Å². The first-order valence-electron chi connectivity index (χ1n) is 11.9. The highest BCUT2D eigenvalue weighted by Crippen LogP contribution is 2.35. The standard InChI is InChI=1S/C26H25ClFN5O3/c1-13(2)33-20-9-15(8-18(28)22(20)31-24(33)14-6-4-3-5-7-14)21-17(27)11-29-26(32-21)30-19-10-16-12-35-25(36-16)23(19)34/h3-9,11,13,16,19,23,25,34H,10,12H2,1-2H3,(H,29,30,32)/t16-,19+,23-,25+/m0/s1. The largest absolute Gasteiger partial charge is 0.386 e. The minimum Gasteiger partial charge on any atom is -0.386 e. The molecule has 4 heterocycles. The van der Waals surface area contributed by atoms with E-state index in [4.69, 9.17) is 21.1 Å². The summed E-state index contributed by atoms with van der Waals surface area (Å²) in [5.74, 6) is 0.512. The van der Waals surface area contributed by atoms with Crippen LogP contribution in [0.4, 0.5) is 10.3 Å². The summed E-state index contributed by atoms with van der Waals surface area (Å²) in [6.45, 7) is 4.52. The number of benzene rings is 2. The number of fused-ring (bicyclic) bond motifs is 3. The molecule has 6 rings (SSSR count). The van der Waals surface area contributed by atoms with Crippen molar-refractivity contribution in [1.82, 2.24) is 19.5 Å². The number of imidazole rings is 1. The number of anilines is 1. The third-order valence-electron chi connectivity index (χ3n) is 6.61. The van der Waals surface area contributed by atoms with Crippen LogP contribution in [0, 0.1) is 5.82 Å². The molecule has 0 aliphatic carbocycles. The Labute approximate surface area is 212 Å². The van der Waals surface area contributed by atoms with Crippen LogP contribution in [-0.2, 0) is 9.47 Å². The van der Waals surface area contributed by atoms with Gasteiger partial charge in [0.25, 0.3) is 0 Å². The molecule has 4 aromatic rings. The van der Waals surface area contributed by atoms with Gasteiger partial charge >= 0.3 is 0 Å². The summed E-state index contributed by atoms with van der Waals surface area (Å²) in [5.41, 5.74) is 2.73. The molecular weight excluding hydrogens is 485 g/mol. The highest BCUT2D eigenvalue weighted by Gasteiger charge is 2.43. The molecule has 36 heavy (non-hydrogen) atoms. The van der Waals surface area contributed by atoms with E-state index in [9.17, 15) is 5.11 Å². The van der Waals surface area contributed by atoms with Crippen molar-refractivity contribution >= 4 is 28.6 Å². The molecule has 186 valence electrons. The summed E-state index contributed by atoms with van der Waals surface area (Å²) < 4.78 is 28.5. The zero-order valence-electron chi connectivity index (χ0n) is 19.7. The molecule has 8 nitrogen and oxygen atoms in total. The summed E-state index contributed by atoms with van der Waals surface area (Å²) in [6, 6.07) is 12.7. The van der Waals surface area contributed by atoms with Gasteiger partial charge in [-0.2, -0.15) is 0 Å². The molecule has 4 atom stereocenters. The van der Waals surface area contributed by atoms with Crippen molar-refractivity contribution in [3.63, 3.8) is 0 Å². The molecule has 0 unspecified atom stereocenters. The second kappa shape index (κ2) is 9.08. The van der Waals surface area contributed by atoms with Crippen molar-refractivity contribution in [2.24, 2.45) is 0 Å². The van der Waals surface area contributed by atoms with Crippen LogP contribution < -0.4 is 5.32 Å². The number of halogens is 2. The monoisotopic (exact) mass is 509 g/mol. The van der Waals surface area contributed by atoms with Crippen molar-refractivity contribution in [2.75, 3.05) is 11.9 Å². The van der Waals surface area contributed by atoms with Crippen LogP contribution in [0.25, 0.3) is 33.7 Å². The van der Waals surface area contributed by atoms with Crippen molar-refractivity contribution in [3.8, 4) is 22.6 Å². The maximum absolute atomic E-state index is 15.4. The van der Waals surface area contributed by atoms with Crippen LogP contribution in [0.5, 0.6) is 0 Å². The van der Waals surface area contributed by atoms with Crippen LogP contribution in [0.15, 0.2) is 48.7 Å². The molecule has 2 aromatic carbocycles. The molecule has 0 radical (unpaired) electrons. The zero-order valence-corrected chi connectivity index (χ0v) is 20.5. The number of nitrogens with zero attached hydrogens (tertiary/aromatic N) is 4. The molecule has 2 fully saturated rings. The van der Waals surface area contributed by atoms with Gasteiger partial charge in [-0.05, 0) is 32.4 Å². The van der Waals surface area contributed by atoms with Gasteiger partial charge < -0.3 is 24.5 Å². The summed E-state index contributed by atoms with van der Waals surface area (Å²) >= 11 is 6.48. The van der Waals surface area contributed by atoms with Crippen LogP contribution in [0.1, 0.15) is 26.3 Å². The number of nitrogens with one attached hydrogen (secondary N) is 1. The number of hydrogen-bond donors (Lipinski definition) is 2. The molecule has 2 N–H and O–H groups in total. The van der Waals surface area contributed by atoms with Gasteiger partial charge in [-0.25, -0.2) is 19.3 Å². The zero-order chi connectivity index (χ0) is 25.0. The van der Waals surface area contributed by atoms with E-state index >= 15 is 4.39 Å². The predicted molar refractivity (Wildman–Crippen MR) is 134 cm³/mol. The lowest BCUT2D eigenvalue weighted by Gasteiger charge is -2.32. The minimum absolute atomic E-state index is 0.0329. The number of rotatable bonds is 5. The Morgan fingerprint density at radius 2 is 1.97 bits per heavy atom. The van der Waals surface area contributed by atoms with Crippen molar-refractivity contribution in [2.45, 2.75) is 50.8 Å². The molecule has 2 saturated heterocycles. The molecule has 10 heteroatoms. The van der Waals surface area contributed by atoms with Crippen LogP contribution in [0.3, 0.4) is 0 Å². The molecule has 2 bridgehead atoms. The smallest absolute Gasteiger partial charge is 0.223 e. The van der Waals surface area contributed by atoms with Gasteiger partial charge in [0.05, 0.1) is 41.2 Å². The van der Waals surface area contributed by atoms with Gasteiger partial charge in [0.15, 0.2) is 12.1 Å². The number of aliphatic hydroxyl groups is 1. The van der Waals surface area contributed by atoms with E-state index in [0.29, 0.717) is 35.6 Å². The van der Waals surface area contributed by atoms with Crippen molar-refractivity contribution in [1.29, 1.82) is 0 Å². The van der Waals surface area contributed by atoms with Crippen LogP contribution >= 0.6 is 11.6 Å². The maximum atomic E-state index is 15.4. The number of hydrogen-bond acceptors (Lipinski definition) is 7. The lowest BCUT2D eigenvalue weighted by Crippen LogP contribution is -2.48. The highest BCUT2D eigenvalue weighted by molar-refractivity contribution is 6.33. The van der Waals surface area contributed by atoms with Crippen LogP contribution in [0.2, 0.25) is 5.02 Å². The SMILES string of the molecule is CC(C)n1c(-c2ccccc2)nc2c(F)cc(-c3nc(N[C@@H]4C[C@H]5CO[C@H](O5)[C@H]4O)ncc3Cl)cc21. The molecular formula is C26H25ClFN5O3. The van der Waals surface area contributed by atoms with E-state index in [1.54, 1.807) is 0 Å². The minimum atomic E-state index is -0.864. The average Bonchev–Trinajstić information content (AvgIpc) is 3.46. The number of aromatic nitrogens is 4. The Kier molecular flexibility index (Phi) is 5.88. The van der Waals surface area contributed by atoms with E-state index in [1.165, 1.54) is 12.3 Å². The fraction of sp³-hybridized carbons (Fsp3) is 0.346.